The van der Waals surface area contributed by atoms with Gasteiger partial charge in [0.25, 0.3) is 0 Å². The monoisotopic (exact) mass is 882 g/mol. The van der Waals surface area contributed by atoms with Crippen LogP contribution in [0.1, 0.15) is 86.7 Å². The van der Waals surface area contributed by atoms with Gasteiger partial charge in [0, 0.05) is 36.7 Å². The molecule has 14 nitrogen and oxygen atoms in total. The van der Waals surface area contributed by atoms with Crippen LogP contribution in [0, 0.1) is 11.8 Å². The molecule has 4 atom stereocenters. The van der Waals surface area contributed by atoms with Gasteiger partial charge in [0.05, 0.1) is 50.9 Å². The number of nitrogens with zero attached hydrogens (tertiary/aromatic N) is 4. The van der Waals surface area contributed by atoms with Crippen molar-refractivity contribution in [1.82, 2.24) is 29.7 Å². The Bertz CT molecular complexity index is 2140. The van der Waals surface area contributed by atoms with Gasteiger partial charge in [0.1, 0.15) is 25.4 Å². The fraction of sp³-hybridized carbons (Fsp3) is 0.458. The van der Waals surface area contributed by atoms with Crippen LogP contribution < -0.4 is 10.6 Å². The quantitative estimate of drug-likeness (QED) is 0.0464. The topological polar surface area (TPSA) is 168 Å². The maximum Gasteiger partial charge on any atom is 0.331 e. The van der Waals surface area contributed by atoms with Gasteiger partial charge in [-0.15, -0.1) is 0 Å². The summed E-state index contributed by atoms with van der Waals surface area (Å²) in [6.45, 7) is 4.80. The van der Waals surface area contributed by atoms with E-state index in [9.17, 15) is 19.3 Å². The van der Waals surface area contributed by atoms with E-state index in [1.807, 2.05) is 95.6 Å². The predicted molar refractivity (Wildman–Crippen MR) is 240 cm³/mol. The van der Waals surface area contributed by atoms with E-state index >= 15 is 0 Å². The summed E-state index contributed by atoms with van der Waals surface area (Å²) in [4.78, 5) is 38.1. The first-order valence-electron chi connectivity index (χ1n) is 22.2. The Kier molecular flexibility index (Phi) is 18.8. The standard InChI is InChI=1S/C48H63N6O8P/c1-3-61-63(58,62-4-2)33-41(27-37-17-9-5-10-18-37)47(56)52-48(57)44(29-42-30-49-34-54(42)36-60-32-40-23-15-8-16-24-40)51-43(28-38-19-11-6-12-20-38)45(55)46-50-25-26-53(46)35-59-31-39-21-13-7-14-22-39/h5,7-10,13-18,21-26,30,34,38,41,43-45,51,55H,3-4,6,11-12,19-20,27-29,31-33,35-36H2,1-2H3,(H,52,56,57)/t41?,43-,44-,45+/m0/s1. The lowest BCUT2D eigenvalue weighted by Crippen LogP contribution is -2.54. The minimum absolute atomic E-state index is 0.107. The largest absolute Gasteiger partial charge is 0.384 e. The molecule has 1 fully saturated rings. The molecule has 0 saturated heterocycles. The number of hydrogen-bond donors (Lipinski definition) is 3. The van der Waals surface area contributed by atoms with Crippen molar-refractivity contribution in [3.63, 3.8) is 0 Å². The maximum absolute atomic E-state index is 14.7. The molecule has 1 aliphatic carbocycles. The van der Waals surface area contributed by atoms with Gasteiger partial charge in [-0.3, -0.25) is 24.8 Å². The second kappa shape index (κ2) is 24.9. The molecule has 0 spiro atoms. The van der Waals surface area contributed by atoms with Crippen LogP contribution in [0.5, 0.6) is 0 Å². The Hall–Kier alpha value is -4.79. The van der Waals surface area contributed by atoms with Crippen molar-refractivity contribution < 1.29 is 37.8 Å². The van der Waals surface area contributed by atoms with Crippen LogP contribution in [-0.4, -0.2) is 67.5 Å². The van der Waals surface area contributed by atoms with Crippen molar-refractivity contribution in [2.75, 3.05) is 19.4 Å². The third-order valence-corrected chi connectivity index (χ3v) is 13.6. The Balaban J connectivity index is 1.27. The van der Waals surface area contributed by atoms with Crippen molar-refractivity contribution in [1.29, 1.82) is 0 Å². The minimum Gasteiger partial charge on any atom is -0.384 e. The Morgan fingerprint density at radius 3 is 1.98 bits per heavy atom. The SMILES string of the molecule is CCOP(=O)(CC(Cc1ccccc1)C(=O)NC(=O)[C@H](Cc1cncn1COCc1ccccc1)N[C@@H](CC1CCCCC1)[C@@H](O)c1nccn1COCc1ccccc1)OCC. The smallest absolute Gasteiger partial charge is 0.331 e. The van der Waals surface area contributed by atoms with E-state index in [0.717, 1.165) is 48.8 Å². The molecule has 5 aromatic rings. The number of ether oxygens (including phenoxy) is 2. The van der Waals surface area contributed by atoms with Gasteiger partial charge >= 0.3 is 7.60 Å². The summed E-state index contributed by atoms with van der Waals surface area (Å²) in [5.74, 6) is -1.44. The summed E-state index contributed by atoms with van der Waals surface area (Å²) >= 11 is 0. The van der Waals surface area contributed by atoms with Crippen molar-refractivity contribution >= 4 is 19.4 Å². The average molecular weight is 883 g/mol. The van der Waals surface area contributed by atoms with Crippen LogP contribution in [0.4, 0.5) is 0 Å². The second-order valence-electron chi connectivity index (χ2n) is 16.1. The van der Waals surface area contributed by atoms with Crippen molar-refractivity contribution in [2.24, 2.45) is 11.8 Å². The van der Waals surface area contributed by atoms with Gasteiger partial charge in [0.15, 0.2) is 0 Å². The molecular formula is C48H63N6O8P. The number of aromatic nitrogens is 4. The van der Waals surface area contributed by atoms with Gasteiger partial charge in [-0.05, 0) is 49.3 Å². The lowest BCUT2D eigenvalue weighted by atomic mass is 9.83. The molecule has 0 radical (unpaired) electrons. The van der Waals surface area contributed by atoms with Gasteiger partial charge < -0.3 is 32.8 Å². The molecule has 2 heterocycles. The van der Waals surface area contributed by atoms with Crippen molar-refractivity contribution in [3.05, 3.63) is 144 Å². The first kappa shape index (κ1) is 47.7. The summed E-state index contributed by atoms with van der Waals surface area (Å²) in [6, 6.07) is 27.4. The van der Waals surface area contributed by atoms with Crippen LogP contribution >= 0.6 is 7.60 Å². The second-order valence-corrected chi connectivity index (χ2v) is 18.2. The highest BCUT2D eigenvalue weighted by Gasteiger charge is 2.37. The number of imide groups is 1. The molecule has 1 saturated carbocycles. The average Bonchev–Trinajstić information content (AvgIpc) is 3.96. The summed E-state index contributed by atoms with van der Waals surface area (Å²) in [5, 5.41) is 18.5. The summed E-state index contributed by atoms with van der Waals surface area (Å²) in [5.41, 5.74) is 3.55. The van der Waals surface area contributed by atoms with Crippen LogP contribution in [0.2, 0.25) is 0 Å². The zero-order valence-corrected chi connectivity index (χ0v) is 37.4. The molecule has 0 aliphatic heterocycles. The molecule has 1 unspecified atom stereocenters. The number of carbonyl (C=O) groups excluding carboxylic acids is 2. The van der Waals surface area contributed by atoms with Gasteiger partial charge in [-0.2, -0.15) is 0 Å². The summed E-state index contributed by atoms with van der Waals surface area (Å²) in [7, 11) is -3.70. The molecule has 2 aromatic heterocycles. The van der Waals surface area contributed by atoms with E-state index in [1.165, 1.54) is 0 Å². The predicted octanol–water partition coefficient (Wildman–Crippen LogP) is 7.77. The van der Waals surface area contributed by atoms with Crippen LogP contribution in [0.3, 0.4) is 0 Å². The van der Waals surface area contributed by atoms with Crippen LogP contribution in [-0.2, 0) is 72.2 Å². The van der Waals surface area contributed by atoms with E-state index in [2.05, 4.69) is 20.6 Å². The highest BCUT2D eigenvalue weighted by Crippen LogP contribution is 2.50. The van der Waals surface area contributed by atoms with Gasteiger partial charge in [0.2, 0.25) is 11.8 Å². The third-order valence-electron chi connectivity index (χ3n) is 11.4. The Labute approximate surface area is 371 Å². The normalized spacial score (nSPS) is 15.4. The maximum atomic E-state index is 14.7. The van der Waals surface area contributed by atoms with E-state index in [1.54, 1.807) is 43.3 Å². The number of imidazole rings is 2. The minimum atomic E-state index is -3.70. The molecular weight excluding hydrogens is 820 g/mol. The Morgan fingerprint density at radius 2 is 1.38 bits per heavy atom. The highest BCUT2D eigenvalue weighted by molar-refractivity contribution is 7.53. The molecule has 3 N–H and O–H groups in total. The van der Waals surface area contributed by atoms with E-state index < -0.39 is 43.5 Å². The molecule has 15 heteroatoms. The zero-order valence-electron chi connectivity index (χ0n) is 36.5. The number of aliphatic hydroxyl groups excluding tert-OH is 1. The zero-order chi connectivity index (χ0) is 44.3. The van der Waals surface area contributed by atoms with Crippen LogP contribution in [0.25, 0.3) is 0 Å². The highest BCUT2D eigenvalue weighted by atomic mass is 31.2. The molecule has 338 valence electrons. The number of hydrogen-bond acceptors (Lipinski definition) is 11. The summed E-state index contributed by atoms with van der Waals surface area (Å²) in [6.07, 6.45) is 11.6. The van der Waals surface area contributed by atoms with Crippen LogP contribution in [0.15, 0.2) is 116 Å². The number of carbonyl (C=O) groups is 2. The number of rotatable bonds is 26. The fourth-order valence-corrected chi connectivity index (χ4v) is 10.1. The summed E-state index contributed by atoms with van der Waals surface area (Å²) < 4.78 is 40.8. The number of aliphatic hydroxyl groups is 1. The lowest BCUT2D eigenvalue weighted by Gasteiger charge is -2.33. The van der Waals surface area contributed by atoms with E-state index in [0.29, 0.717) is 37.1 Å². The van der Waals surface area contributed by atoms with E-state index in [-0.39, 0.29) is 45.7 Å². The number of amides is 2. The van der Waals surface area contributed by atoms with Gasteiger partial charge in [-0.25, -0.2) is 9.97 Å². The molecule has 3 aromatic carbocycles. The molecule has 63 heavy (non-hydrogen) atoms. The third kappa shape index (κ3) is 14.9. The molecule has 0 bridgehead atoms. The first-order valence-corrected chi connectivity index (χ1v) is 23.9. The number of nitrogens with one attached hydrogen (secondary N) is 2. The number of benzene rings is 3. The molecule has 6 rings (SSSR count). The fourth-order valence-electron chi connectivity index (χ4n) is 8.20. The molecule has 2 amide bonds. The first-order chi connectivity index (χ1) is 30.7. The van der Waals surface area contributed by atoms with Gasteiger partial charge in [-0.1, -0.05) is 123 Å². The lowest BCUT2D eigenvalue weighted by molar-refractivity contribution is -0.133. The Morgan fingerprint density at radius 1 is 0.794 bits per heavy atom. The molecule has 1 aliphatic rings. The van der Waals surface area contributed by atoms with Crippen molar-refractivity contribution in [3.8, 4) is 0 Å². The van der Waals surface area contributed by atoms with E-state index in [4.69, 9.17) is 18.5 Å². The van der Waals surface area contributed by atoms with Crippen molar-refractivity contribution in [2.45, 2.75) is 110 Å².